The molecule has 0 aliphatic carbocycles. The van der Waals surface area contributed by atoms with E-state index in [4.69, 9.17) is 32.1 Å². The number of rotatable bonds is 5. The van der Waals surface area contributed by atoms with Crippen LogP contribution in [0, 0.1) is 6.92 Å². The molecule has 1 atom stereocenters. The van der Waals surface area contributed by atoms with Gasteiger partial charge < -0.3 is 4.74 Å². The van der Waals surface area contributed by atoms with Gasteiger partial charge in [0.05, 0.1) is 20.5 Å². The van der Waals surface area contributed by atoms with Gasteiger partial charge in [0.1, 0.15) is 18.5 Å². The standard InChI is InChI=1S/C23H17Cl2F3O4S/c1-13-5-7-17(8-6-13)33(29,30)31-12-16-10-14-9-15(23(26,27)28)11-19(22(14)32-16)18-3-2-4-20(24)21(18)25/h2-9,11,16H,10,12H2,1H3. The van der Waals surface area contributed by atoms with E-state index in [1.807, 2.05) is 6.92 Å². The van der Waals surface area contributed by atoms with Gasteiger partial charge in [0, 0.05) is 17.5 Å². The first-order valence-corrected chi connectivity index (χ1v) is 11.9. The molecule has 10 heteroatoms. The Kier molecular flexibility index (Phi) is 6.39. The zero-order valence-corrected chi connectivity index (χ0v) is 19.4. The van der Waals surface area contributed by atoms with Crippen molar-refractivity contribution in [2.75, 3.05) is 6.61 Å². The molecular weight excluding hydrogens is 500 g/mol. The van der Waals surface area contributed by atoms with Crippen LogP contribution in [0.1, 0.15) is 16.7 Å². The molecule has 1 unspecified atom stereocenters. The quantitative estimate of drug-likeness (QED) is 0.354. The summed E-state index contributed by atoms with van der Waals surface area (Å²) >= 11 is 12.3. The first-order valence-electron chi connectivity index (χ1n) is 9.77. The lowest BCUT2D eigenvalue weighted by Crippen LogP contribution is -2.23. The average Bonchev–Trinajstić information content (AvgIpc) is 3.17. The number of ether oxygens (including phenoxy) is 1. The highest BCUT2D eigenvalue weighted by molar-refractivity contribution is 7.86. The fourth-order valence-electron chi connectivity index (χ4n) is 3.54. The van der Waals surface area contributed by atoms with E-state index in [9.17, 15) is 21.6 Å². The van der Waals surface area contributed by atoms with Crippen molar-refractivity contribution >= 4 is 33.3 Å². The number of hydrogen-bond donors (Lipinski definition) is 0. The highest BCUT2D eigenvalue weighted by Crippen LogP contribution is 2.46. The molecule has 1 heterocycles. The van der Waals surface area contributed by atoms with Crippen LogP contribution in [0.15, 0.2) is 59.5 Å². The third kappa shape index (κ3) is 4.99. The molecule has 4 rings (SSSR count). The van der Waals surface area contributed by atoms with Gasteiger partial charge in [0.2, 0.25) is 0 Å². The summed E-state index contributed by atoms with van der Waals surface area (Å²) in [5.41, 5.74) is 0.690. The highest BCUT2D eigenvalue weighted by atomic mass is 35.5. The molecule has 0 N–H and O–H groups in total. The van der Waals surface area contributed by atoms with Crippen molar-refractivity contribution in [2.24, 2.45) is 0 Å². The van der Waals surface area contributed by atoms with E-state index in [0.29, 0.717) is 0 Å². The summed E-state index contributed by atoms with van der Waals surface area (Å²) < 4.78 is 76.6. The molecule has 1 aliphatic rings. The lowest BCUT2D eigenvalue weighted by atomic mass is 9.97. The molecular formula is C23H17Cl2F3O4S. The largest absolute Gasteiger partial charge is 0.487 e. The van der Waals surface area contributed by atoms with E-state index < -0.39 is 28.0 Å². The second-order valence-electron chi connectivity index (χ2n) is 7.61. The van der Waals surface area contributed by atoms with Gasteiger partial charge >= 0.3 is 6.18 Å². The summed E-state index contributed by atoms with van der Waals surface area (Å²) in [6.07, 6.45) is -5.37. The summed E-state index contributed by atoms with van der Waals surface area (Å²) in [6.45, 7) is 1.45. The Morgan fingerprint density at radius 2 is 1.76 bits per heavy atom. The maximum Gasteiger partial charge on any atom is 0.416 e. The first kappa shape index (κ1) is 23.9. The van der Waals surface area contributed by atoms with Crippen LogP contribution >= 0.6 is 23.2 Å². The van der Waals surface area contributed by atoms with Gasteiger partial charge in [-0.2, -0.15) is 21.6 Å². The molecule has 0 spiro atoms. The van der Waals surface area contributed by atoms with Gasteiger partial charge in [0.15, 0.2) is 0 Å². The van der Waals surface area contributed by atoms with Crippen LogP contribution in [-0.2, 0) is 26.9 Å². The van der Waals surface area contributed by atoms with Gasteiger partial charge in [0.25, 0.3) is 10.1 Å². The lowest BCUT2D eigenvalue weighted by Gasteiger charge is -2.16. The van der Waals surface area contributed by atoms with Crippen molar-refractivity contribution in [2.45, 2.75) is 30.5 Å². The van der Waals surface area contributed by atoms with Crippen LogP contribution in [0.25, 0.3) is 11.1 Å². The SMILES string of the molecule is Cc1ccc(S(=O)(=O)OCC2Cc3cc(C(F)(F)F)cc(-c4cccc(Cl)c4Cl)c3O2)cc1. The normalized spacial score (nSPS) is 15.9. The van der Waals surface area contributed by atoms with E-state index in [-0.39, 0.29) is 50.4 Å². The van der Waals surface area contributed by atoms with Gasteiger partial charge in [-0.1, -0.05) is 53.0 Å². The minimum atomic E-state index is -4.60. The topological polar surface area (TPSA) is 52.6 Å². The second kappa shape index (κ2) is 8.83. The van der Waals surface area contributed by atoms with E-state index in [0.717, 1.165) is 17.7 Å². The Bertz CT molecular complexity index is 1310. The number of alkyl halides is 3. The molecule has 0 radical (unpaired) electrons. The van der Waals surface area contributed by atoms with Crippen LogP contribution in [0.4, 0.5) is 13.2 Å². The molecule has 1 aliphatic heterocycles. The second-order valence-corrected chi connectivity index (χ2v) is 10.0. The number of fused-ring (bicyclic) bond motifs is 1. The van der Waals surface area contributed by atoms with Crippen molar-refractivity contribution < 1.29 is 30.5 Å². The zero-order valence-electron chi connectivity index (χ0n) is 17.1. The average molecular weight is 517 g/mol. The Morgan fingerprint density at radius 3 is 2.42 bits per heavy atom. The molecule has 0 bridgehead atoms. The third-order valence-electron chi connectivity index (χ3n) is 5.19. The van der Waals surface area contributed by atoms with Crippen molar-refractivity contribution in [3.05, 3.63) is 81.3 Å². The predicted octanol–water partition coefficient (Wildman–Crippen LogP) is 6.70. The fraction of sp³-hybridized carbons (Fsp3) is 0.217. The summed E-state index contributed by atoms with van der Waals surface area (Å²) in [5, 5.41) is 0.272. The monoisotopic (exact) mass is 516 g/mol. The van der Waals surface area contributed by atoms with E-state index in [1.54, 1.807) is 24.3 Å². The van der Waals surface area contributed by atoms with Crippen LogP contribution in [0.3, 0.4) is 0 Å². The molecule has 33 heavy (non-hydrogen) atoms. The fourth-order valence-corrected chi connectivity index (χ4v) is 4.88. The number of aryl methyl sites for hydroxylation is 1. The lowest BCUT2D eigenvalue weighted by molar-refractivity contribution is -0.137. The predicted molar refractivity (Wildman–Crippen MR) is 119 cm³/mol. The van der Waals surface area contributed by atoms with Gasteiger partial charge in [-0.3, -0.25) is 4.18 Å². The van der Waals surface area contributed by atoms with E-state index in [2.05, 4.69) is 0 Å². The Morgan fingerprint density at radius 1 is 1.06 bits per heavy atom. The van der Waals surface area contributed by atoms with Crippen molar-refractivity contribution in [1.29, 1.82) is 0 Å². The summed E-state index contributed by atoms with van der Waals surface area (Å²) in [6, 6.07) is 12.7. The number of hydrogen-bond acceptors (Lipinski definition) is 4. The molecule has 0 fully saturated rings. The minimum Gasteiger partial charge on any atom is -0.487 e. The van der Waals surface area contributed by atoms with Crippen LogP contribution in [-0.4, -0.2) is 21.1 Å². The number of benzene rings is 3. The van der Waals surface area contributed by atoms with E-state index >= 15 is 0 Å². The van der Waals surface area contributed by atoms with Gasteiger partial charge in [-0.05, 0) is 42.8 Å². The Hall–Kier alpha value is -2.26. The van der Waals surface area contributed by atoms with Crippen LogP contribution in [0.2, 0.25) is 10.0 Å². The highest BCUT2D eigenvalue weighted by Gasteiger charge is 2.36. The van der Waals surface area contributed by atoms with Gasteiger partial charge in [-0.25, -0.2) is 0 Å². The molecule has 0 saturated heterocycles. The van der Waals surface area contributed by atoms with Crippen molar-refractivity contribution in [3.63, 3.8) is 0 Å². The summed E-state index contributed by atoms with van der Waals surface area (Å²) in [7, 11) is -4.06. The molecule has 0 aromatic heterocycles. The van der Waals surface area contributed by atoms with Crippen molar-refractivity contribution in [1.82, 2.24) is 0 Å². The van der Waals surface area contributed by atoms with Crippen LogP contribution < -0.4 is 4.74 Å². The van der Waals surface area contributed by atoms with Crippen molar-refractivity contribution in [3.8, 4) is 16.9 Å². The maximum atomic E-state index is 13.5. The maximum absolute atomic E-state index is 13.5. The molecule has 174 valence electrons. The molecule has 0 amide bonds. The first-order chi connectivity index (χ1) is 15.5. The van der Waals surface area contributed by atoms with Crippen LogP contribution in [0.5, 0.6) is 5.75 Å². The van der Waals surface area contributed by atoms with E-state index in [1.165, 1.54) is 18.2 Å². The minimum absolute atomic E-state index is 0.0191. The molecule has 0 saturated carbocycles. The molecule has 3 aromatic rings. The summed E-state index contributed by atoms with van der Waals surface area (Å²) in [5.74, 6) is 0.188. The van der Waals surface area contributed by atoms with Gasteiger partial charge in [-0.15, -0.1) is 0 Å². The number of halogens is 5. The summed E-state index contributed by atoms with van der Waals surface area (Å²) in [4.78, 5) is -0.0191. The zero-order chi connectivity index (χ0) is 24.0. The molecule has 3 aromatic carbocycles. The Labute approximate surface area is 199 Å². The third-order valence-corrected chi connectivity index (χ3v) is 7.30. The smallest absolute Gasteiger partial charge is 0.416 e. The molecule has 4 nitrogen and oxygen atoms in total. The Balaban J connectivity index is 1.64.